The van der Waals surface area contributed by atoms with E-state index in [0.29, 0.717) is 12.2 Å². The second-order valence-corrected chi connectivity index (χ2v) is 4.49. The van der Waals surface area contributed by atoms with Crippen LogP contribution in [0.15, 0.2) is 10.8 Å². The number of oxazole rings is 1. The Kier molecular flexibility index (Phi) is 3.88. The van der Waals surface area contributed by atoms with Crippen molar-refractivity contribution in [3.8, 4) is 0 Å². The first-order chi connectivity index (χ1) is 7.82. The molecule has 17 heavy (non-hydrogen) atoms. The van der Waals surface area contributed by atoms with E-state index in [1.807, 2.05) is 0 Å². The van der Waals surface area contributed by atoms with Crippen LogP contribution in [0, 0.1) is 6.92 Å². The van der Waals surface area contributed by atoms with E-state index in [0.717, 1.165) is 0 Å². The average Bonchev–Trinajstić information content (AvgIpc) is 2.61. The van der Waals surface area contributed by atoms with Crippen LogP contribution in [0.5, 0.6) is 0 Å². The third kappa shape index (κ3) is 3.90. The number of carboxylic acid groups (broad SMARTS) is 1. The summed E-state index contributed by atoms with van der Waals surface area (Å²) in [6.07, 6.45) is 1.56. The second-order valence-electron chi connectivity index (χ2n) is 4.49. The fourth-order valence-corrected chi connectivity index (χ4v) is 1.37. The highest BCUT2D eigenvalue weighted by Crippen LogP contribution is 2.13. The van der Waals surface area contributed by atoms with Crippen molar-refractivity contribution in [3.63, 3.8) is 0 Å². The van der Waals surface area contributed by atoms with Gasteiger partial charge in [0.05, 0.1) is 0 Å². The van der Waals surface area contributed by atoms with Gasteiger partial charge in [-0.1, -0.05) is 0 Å². The van der Waals surface area contributed by atoms with Crippen LogP contribution in [-0.4, -0.2) is 27.5 Å². The van der Waals surface area contributed by atoms with E-state index in [2.05, 4.69) is 10.3 Å². The van der Waals surface area contributed by atoms with Crippen LogP contribution in [0.25, 0.3) is 0 Å². The number of nitrogens with zero attached hydrogens (tertiary/aromatic N) is 1. The van der Waals surface area contributed by atoms with Gasteiger partial charge in [0.25, 0.3) is 5.91 Å². The van der Waals surface area contributed by atoms with Crippen molar-refractivity contribution in [2.45, 2.75) is 39.2 Å². The predicted molar refractivity (Wildman–Crippen MR) is 59.7 cm³/mol. The summed E-state index contributed by atoms with van der Waals surface area (Å²) in [6, 6.07) is 0. The monoisotopic (exact) mass is 240 g/mol. The molecule has 0 atom stereocenters. The van der Waals surface area contributed by atoms with Crippen molar-refractivity contribution in [1.29, 1.82) is 0 Å². The summed E-state index contributed by atoms with van der Waals surface area (Å²) in [7, 11) is 0. The molecule has 1 aromatic rings. The van der Waals surface area contributed by atoms with Gasteiger partial charge in [-0.2, -0.15) is 0 Å². The minimum Gasteiger partial charge on any atom is -0.481 e. The minimum atomic E-state index is -0.884. The number of aliphatic carboxylic acids is 1. The Morgan fingerprint density at radius 2 is 2.18 bits per heavy atom. The van der Waals surface area contributed by atoms with Crippen LogP contribution in [0.1, 0.15) is 42.9 Å². The van der Waals surface area contributed by atoms with E-state index in [1.54, 1.807) is 20.8 Å². The van der Waals surface area contributed by atoms with Gasteiger partial charge >= 0.3 is 5.97 Å². The van der Waals surface area contributed by atoms with E-state index >= 15 is 0 Å². The van der Waals surface area contributed by atoms with Crippen molar-refractivity contribution in [2.75, 3.05) is 0 Å². The highest BCUT2D eigenvalue weighted by molar-refractivity contribution is 5.93. The van der Waals surface area contributed by atoms with Crippen LogP contribution >= 0.6 is 0 Å². The molecule has 0 unspecified atom stereocenters. The van der Waals surface area contributed by atoms with E-state index in [-0.39, 0.29) is 18.0 Å². The zero-order chi connectivity index (χ0) is 13.1. The smallest absolute Gasteiger partial charge is 0.303 e. The first-order valence-corrected chi connectivity index (χ1v) is 5.26. The topological polar surface area (TPSA) is 92.4 Å². The number of nitrogens with one attached hydrogen (secondary N) is 1. The lowest BCUT2D eigenvalue weighted by Crippen LogP contribution is -2.44. The number of carboxylic acids is 1. The Morgan fingerprint density at radius 3 is 2.65 bits per heavy atom. The maximum atomic E-state index is 11.8. The van der Waals surface area contributed by atoms with Crippen LogP contribution in [-0.2, 0) is 4.79 Å². The van der Waals surface area contributed by atoms with Gasteiger partial charge < -0.3 is 14.8 Å². The van der Waals surface area contributed by atoms with E-state index in [9.17, 15) is 9.59 Å². The van der Waals surface area contributed by atoms with Crippen molar-refractivity contribution in [1.82, 2.24) is 10.3 Å². The number of carbonyl (C=O) groups is 2. The van der Waals surface area contributed by atoms with Gasteiger partial charge in [0.1, 0.15) is 5.76 Å². The van der Waals surface area contributed by atoms with Crippen molar-refractivity contribution in [2.24, 2.45) is 0 Å². The first-order valence-electron chi connectivity index (χ1n) is 5.26. The molecule has 1 heterocycles. The lowest BCUT2D eigenvalue weighted by atomic mass is 9.98. The highest BCUT2D eigenvalue weighted by Gasteiger charge is 2.24. The molecule has 0 saturated heterocycles. The van der Waals surface area contributed by atoms with Gasteiger partial charge in [-0.25, -0.2) is 4.98 Å². The largest absolute Gasteiger partial charge is 0.481 e. The summed E-state index contributed by atoms with van der Waals surface area (Å²) in [5, 5.41) is 11.3. The molecule has 0 aliphatic heterocycles. The fourth-order valence-electron chi connectivity index (χ4n) is 1.37. The Hall–Kier alpha value is -1.85. The average molecular weight is 240 g/mol. The summed E-state index contributed by atoms with van der Waals surface area (Å²) in [4.78, 5) is 26.1. The number of carbonyl (C=O) groups excluding carboxylic acids is 1. The van der Waals surface area contributed by atoms with Crippen LogP contribution in [0.4, 0.5) is 0 Å². The molecule has 0 aliphatic carbocycles. The van der Waals surface area contributed by atoms with Crippen molar-refractivity contribution in [3.05, 3.63) is 17.8 Å². The molecule has 6 heteroatoms. The molecule has 1 aromatic heterocycles. The van der Waals surface area contributed by atoms with Gasteiger partial charge in [-0.15, -0.1) is 0 Å². The maximum Gasteiger partial charge on any atom is 0.303 e. The first kappa shape index (κ1) is 13.2. The summed E-state index contributed by atoms with van der Waals surface area (Å²) in [5.41, 5.74) is -0.366. The predicted octanol–water partition coefficient (Wildman–Crippen LogP) is 1.36. The Morgan fingerprint density at radius 1 is 1.53 bits per heavy atom. The van der Waals surface area contributed by atoms with E-state index < -0.39 is 11.5 Å². The maximum absolute atomic E-state index is 11.8. The number of amides is 1. The summed E-state index contributed by atoms with van der Waals surface area (Å²) in [6.45, 7) is 5.18. The number of rotatable bonds is 5. The molecule has 1 amide bonds. The van der Waals surface area contributed by atoms with E-state index in [1.165, 1.54) is 6.39 Å². The van der Waals surface area contributed by atoms with Crippen LogP contribution in [0.2, 0.25) is 0 Å². The third-order valence-corrected chi connectivity index (χ3v) is 2.38. The molecule has 1 rings (SSSR count). The zero-order valence-corrected chi connectivity index (χ0v) is 10.1. The molecular weight excluding hydrogens is 224 g/mol. The molecule has 0 aliphatic rings. The number of hydrogen-bond acceptors (Lipinski definition) is 4. The normalized spacial score (nSPS) is 11.2. The molecule has 6 nitrogen and oxygen atoms in total. The quantitative estimate of drug-likeness (QED) is 0.810. The van der Waals surface area contributed by atoms with Crippen molar-refractivity contribution < 1.29 is 19.1 Å². The highest BCUT2D eigenvalue weighted by atomic mass is 16.4. The summed E-state index contributed by atoms with van der Waals surface area (Å²) in [5.74, 6) is -0.798. The molecule has 0 spiro atoms. The number of aryl methyl sites for hydroxylation is 1. The molecule has 0 fully saturated rings. The van der Waals surface area contributed by atoms with E-state index in [4.69, 9.17) is 9.52 Å². The number of hydrogen-bond donors (Lipinski definition) is 2. The molecule has 0 aromatic carbocycles. The Bertz CT molecular complexity index is 423. The van der Waals surface area contributed by atoms with Gasteiger partial charge in [0.2, 0.25) is 0 Å². The SMILES string of the molecule is Cc1ocnc1C(=O)NC(C)(C)CCC(=O)O. The second kappa shape index (κ2) is 4.99. The summed E-state index contributed by atoms with van der Waals surface area (Å²) < 4.78 is 4.93. The zero-order valence-electron chi connectivity index (χ0n) is 10.1. The molecular formula is C11H16N2O4. The summed E-state index contributed by atoms with van der Waals surface area (Å²) >= 11 is 0. The minimum absolute atomic E-state index is 0.00504. The number of aromatic nitrogens is 1. The lowest BCUT2D eigenvalue weighted by molar-refractivity contribution is -0.137. The van der Waals surface area contributed by atoms with Crippen LogP contribution < -0.4 is 5.32 Å². The van der Waals surface area contributed by atoms with Crippen molar-refractivity contribution >= 4 is 11.9 Å². The molecule has 94 valence electrons. The standard InChI is InChI=1S/C11H16N2O4/c1-7-9(12-6-17-7)10(16)13-11(2,3)5-4-8(14)15/h6H,4-5H2,1-3H3,(H,13,16)(H,14,15). The molecule has 2 N–H and O–H groups in total. The Balaban J connectivity index is 2.61. The van der Waals surface area contributed by atoms with Crippen LogP contribution in [0.3, 0.4) is 0 Å². The molecule has 0 radical (unpaired) electrons. The lowest BCUT2D eigenvalue weighted by Gasteiger charge is -2.25. The molecule has 0 saturated carbocycles. The Labute approximate surface area is 99.0 Å². The molecule has 0 bridgehead atoms. The fraction of sp³-hybridized carbons (Fsp3) is 0.545. The van der Waals surface area contributed by atoms with Gasteiger partial charge in [0.15, 0.2) is 12.1 Å². The van der Waals surface area contributed by atoms with Gasteiger partial charge in [-0.05, 0) is 27.2 Å². The van der Waals surface area contributed by atoms with Gasteiger partial charge in [0, 0.05) is 12.0 Å². The van der Waals surface area contributed by atoms with Gasteiger partial charge in [-0.3, -0.25) is 9.59 Å². The third-order valence-electron chi connectivity index (χ3n) is 2.38.